The predicted molar refractivity (Wildman–Crippen MR) is 83.8 cm³/mol. The summed E-state index contributed by atoms with van der Waals surface area (Å²) in [6.45, 7) is 7.63. The Morgan fingerprint density at radius 2 is 2.14 bits per heavy atom. The third-order valence-electron chi connectivity index (χ3n) is 4.25. The molecule has 5 nitrogen and oxygen atoms in total. The molecule has 0 amide bonds. The van der Waals surface area contributed by atoms with E-state index in [1.807, 2.05) is 10.7 Å². The molecule has 1 aliphatic heterocycles. The van der Waals surface area contributed by atoms with Gasteiger partial charge in [0.05, 0.1) is 18.3 Å². The monoisotopic (exact) mass is 288 g/mol. The summed E-state index contributed by atoms with van der Waals surface area (Å²) in [5, 5.41) is 14.3. The van der Waals surface area contributed by atoms with Gasteiger partial charge in [-0.05, 0) is 25.3 Å². The summed E-state index contributed by atoms with van der Waals surface area (Å²) in [4.78, 5) is 6.82. The lowest BCUT2D eigenvalue weighted by Crippen LogP contribution is -2.42. The largest absolute Gasteiger partial charge is 0.394 e. The van der Waals surface area contributed by atoms with Crippen molar-refractivity contribution in [3.05, 3.63) is 24.2 Å². The summed E-state index contributed by atoms with van der Waals surface area (Å²) in [5.74, 6) is 0.944. The van der Waals surface area contributed by atoms with Gasteiger partial charge in [0.25, 0.3) is 0 Å². The number of piperidine rings is 1. The number of rotatable bonds is 2. The quantitative estimate of drug-likeness (QED) is 0.922. The van der Waals surface area contributed by atoms with Crippen LogP contribution in [0.3, 0.4) is 0 Å². The maximum absolute atomic E-state index is 9.64. The molecule has 114 valence electrons. The number of aliphatic hydroxyl groups is 1. The minimum Gasteiger partial charge on any atom is -0.394 e. The zero-order valence-electron chi connectivity index (χ0n) is 13.1. The van der Waals surface area contributed by atoms with Crippen LogP contribution in [0.2, 0.25) is 0 Å². The summed E-state index contributed by atoms with van der Waals surface area (Å²) in [6, 6.07) is 2.30. The minimum atomic E-state index is 0.0154. The maximum Gasteiger partial charge on any atom is 0.155 e. The number of hydrogen-bond donors (Lipinski definition) is 1. The van der Waals surface area contributed by atoms with Gasteiger partial charge in [-0.2, -0.15) is 5.10 Å². The fraction of sp³-hybridized carbons (Fsp3) is 0.625. The van der Waals surface area contributed by atoms with Gasteiger partial charge in [-0.1, -0.05) is 20.8 Å². The van der Waals surface area contributed by atoms with E-state index in [2.05, 4.69) is 41.8 Å². The van der Waals surface area contributed by atoms with Crippen LogP contribution >= 0.6 is 0 Å². The molecule has 3 heterocycles. The van der Waals surface area contributed by atoms with Crippen LogP contribution in [-0.4, -0.2) is 38.9 Å². The Bertz CT molecular complexity index is 629. The number of aromatic nitrogens is 3. The van der Waals surface area contributed by atoms with Crippen LogP contribution in [-0.2, 0) is 5.41 Å². The van der Waals surface area contributed by atoms with Crippen molar-refractivity contribution in [2.75, 3.05) is 18.1 Å². The molecule has 1 saturated heterocycles. The average molecular weight is 288 g/mol. The molecule has 1 aliphatic rings. The Hall–Kier alpha value is -1.62. The van der Waals surface area contributed by atoms with E-state index in [-0.39, 0.29) is 18.1 Å². The van der Waals surface area contributed by atoms with Gasteiger partial charge in [-0.3, -0.25) is 0 Å². The Morgan fingerprint density at radius 1 is 1.33 bits per heavy atom. The second-order valence-electron chi connectivity index (χ2n) is 6.89. The molecule has 0 bridgehead atoms. The van der Waals surface area contributed by atoms with Crippen LogP contribution in [0.5, 0.6) is 0 Å². The third kappa shape index (κ3) is 2.62. The molecule has 0 spiro atoms. The first-order chi connectivity index (χ1) is 10.0. The molecule has 0 aliphatic carbocycles. The van der Waals surface area contributed by atoms with Crippen molar-refractivity contribution >= 4 is 11.3 Å². The summed E-state index contributed by atoms with van der Waals surface area (Å²) < 4.78 is 1.91. The fourth-order valence-electron chi connectivity index (χ4n) is 2.97. The van der Waals surface area contributed by atoms with Crippen LogP contribution < -0.4 is 4.90 Å². The summed E-state index contributed by atoms with van der Waals surface area (Å²) in [5.41, 5.74) is 2.11. The molecule has 1 N–H and O–H groups in total. The highest BCUT2D eigenvalue weighted by Crippen LogP contribution is 2.29. The Kier molecular flexibility index (Phi) is 3.61. The van der Waals surface area contributed by atoms with Crippen molar-refractivity contribution in [2.45, 2.75) is 51.5 Å². The Morgan fingerprint density at radius 3 is 2.86 bits per heavy atom. The van der Waals surface area contributed by atoms with Crippen molar-refractivity contribution < 1.29 is 5.11 Å². The molecule has 2 aromatic rings. The first kappa shape index (κ1) is 14.3. The fourth-order valence-corrected chi connectivity index (χ4v) is 2.97. The SMILES string of the molecule is CC(C)(C)c1cc2c(N3CCCCC3CO)nccn2n1. The lowest BCUT2D eigenvalue weighted by Gasteiger charge is -2.35. The topological polar surface area (TPSA) is 53.7 Å². The third-order valence-corrected chi connectivity index (χ3v) is 4.25. The van der Waals surface area contributed by atoms with Crippen LogP contribution in [0.1, 0.15) is 45.7 Å². The van der Waals surface area contributed by atoms with Gasteiger partial charge in [0.1, 0.15) is 5.52 Å². The van der Waals surface area contributed by atoms with Crippen molar-refractivity contribution in [1.29, 1.82) is 0 Å². The van der Waals surface area contributed by atoms with Crippen molar-refractivity contribution in [3.8, 4) is 0 Å². The predicted octanol–water partition coefficient (Wildman–Crippen LogP) is 2.38. The van der Waals surface area contributed by atoms with E-state index < -0.39 is 0 Å². The molecule has 1 fully saturated rings. The number of anilines is 1. The number of aliphatic hydroxyl groups excluding tert-OH is 1. The highest BCUT2D eigenvalue weighted by molar-refractivity contribution is 5.70. The molecule has 1 unspecified atom stereocenters. The molecule has 3 rings (SSSR count). The lowest BCUT2D eigenvalue weighted by molar-refractivity contribution is 0.239. The molecule has 0 aromatic carbocycles. The van der Waals surface area contributed by atoms with E-state index in [9.17, 15) is 5.11 Å². The smallest absolute Gasteiger partial charge is 0.155 e. The van der Waals surface area contributed by atoms with Gasteiger partial charge >= 0.3 is 0 Å². The summed E-state index contributed by atoms with van der Waals surface area (Å²) in [6.07, 6.45) is 7.05. The Balaban J connectivity index is 2.07. The van der Waals surface area contributed by atoms with E-state index in [0.717, 1.165) is 36.4 Å². The second kappa shape index (κ2) is 5.30. The summed E-state index contributed by atoms with van der Waals surface area (Å²) in [7, 11) is 0. The van der Waals surface area contributed by atoms with Crippen molar-refractivity contribution in [2.24, 2.45) is 0 Å². The zero-order valence-corrected chi connectivity index (χ0v) is 13.1. The zero-order chi connectivity index (χ0) is 15.0. The normalized spacial score (nSPS) is 20.2. The first-order valence-corrected chi connectivity index (χ1v) is 7.73. The molecule has 21 heavy (non-hydrogen) atoms. The highest BCUT2D eigenvalue weighted by Gasteiger charge is 2.26. The first-order valence-electron chi connectivity index (χ1n) is 7.73. The van der Waals surface area contributed by atoms with Gasteiger partial charge in [0.15, 0.2) is 5.82 Å². The maximum atomic E-state index is 9.64. The van der Waals surface area contributed by atoms with Gasteiger partial charge in [0, 0.05) is 24.4 Å². The molecule has 0 saturated carbocycles. The number of fused-ring (bicyclic) bond motifs is 1. The van der Waals surface area contributed by atoms with Crippen molar-refractivity contribution in [3.63, 3.8) is 0 Å². The molecule has 2 aromatic heterocycles. The Labute approximate surface area is 125 Å². The number of hydrogen-bond acceptors (Lipinski definition) is 4. The van der Waals surface area contributed by atoms with Crippen molar-refractivity contribution in [1.82, 2.24) is 14.6 Å². The van der Waals surface area contributed by atoms with Gasteiger partial charge in [-0.15, -0.1) is 0 Å². The lowest BCUT2D eigenvalue weighted by atomic mass is 9.92. The minimum absolute atomic E-state index is 0.0154. The number of nitrogens with zero attached hydrogens (tertiary/aromatic N) is 4. The molecule has 0 radical (unpaired) electrons. The van der Waals surface area contributed by atoms with E-state index in [1.54, 1.807) is 6.20 Å². The summed E-state index contributed by atoms with van der Waals surface area (Å²) >= 11 is 0. The van der Waals surface area contributed by atoms with Gasteiger partial charge in [-0.25, -0.2) is 9.50 Å². The molecular formula is C16H24N4O. The van der Waals surface area contributed by atoms with Crippen LogP contribution in [0.4, 0.5) is 5.82 Å². The molecule has 5 heteroatoms. The standard InChI is InChI=1S/C16H24N4O/c1-16(2,3)14-10-13-15(17-7-9-20(13)18-14)19-8-5-4-6-12(19)11-21/h7,9-10,12,21H,4-6,8,11H2,1-3H3. The van der Waals surface area contributed by atoms with Crippen LogP contribution in [0, 0.1) is 0 Å². The van der Waals surface area contributed by atoms with E-state index >= 15 is 0 Å². The molecule has 1 atom stereocenters. The van der Waals surface area contributed by atoms with E-state index in [0.29, 0.717) is 0 Å². The van der Waals surface area contributed by atoms with Gasteiger partial charge < -0.3 is 10.0 Å². The van der Waals surface area contributed by atoms with E-state index in [1.165, 1.54) is 6.42 Å². The second-order valence-corrected chi connectivity index (χ2v) is 6.89. The van der Waals surface area contributed by atoms with E-state index in [4.69, 9.17) is 0 Å². The van der Waals surface area contributed by atoms with Gasteiger partial charge in [0.2, 0.25) is 0 Å². The van der Waals surface area contributed by atoms with Crippen LogP contribution in [0.15, 0.2) is 18.5 Å². The highest BCUT2D eigenvalue weighted by atomic mass is 16.3. The molecular weight excluding hydrogens is 264 g/mol. The van der Waals surface area contributed by atoms with Crippen LogP contribution in [0.25, 0.3) is 5.52 Å². The average Bonchev–Trinajstić information content (AvgIpc) is 2.91.